The number of aliphatic hydroxyl groups excluding tert-OH is 1. The standard InChI is InChI=1S/C14H22N2O2S/c1-10(13(9-17)19-4)15-14(18)11-6-5-7-12(8-11)16(2)3/h5-8,10,13,17H,9H2,1-4H3,(H,15,18)/t10-,13-/m1/s1. The number of hydrogen-bond acceptors (Lipinski definition) is 4. The van der Waals surface area contributed by atoms with Crippen LogP contribution in [-0.4, -0.2) is 49.3 Å². The summed E-state index contributed by atoms with van der Waals surface area (Å²) in [6, 6.07) is 7.40. The van der Waals surface area contributed by atoms with Gasteiger partial charge < -0.3 is 15.3 Å². The number of carbonyl (C=O) groups excluding carboxylic acids is 1. The summed E-state index contributed by atoms with van der Waals surface area (Å²) in [5, 5.41) is 12.2. The molecular weight excluding hydrogens is 260 g/mol. The molecule has 1 amide bonds. The van der Waals surface area contributed by atoms with Gasteiger partial charge in [-0.2, -0.15) is 11.8 Å². The maximum absolute atomic E-state index is 12.1. The number of nitrogens with zero attached hydrogens (tertiary/aromatic N) is 1. The van der Waals surface area contributed by atoms with Crippen molar-refractivity contribution in [3.8, 4) is 0 Å². The quantitative estimate of drug-likeness (QED) is 0.832. The highest BCUT2D eigenvalue weighted by Crippen LogP contribution is 2.15. The third kappa shape index (κ3) is 4.44. The predicted molar refractivity (Wildman–Crippen MR) is 82.1 cm³/mol. The van der Waals surface area contributed by atoms with E-state index in [2.05, 4.69) is 5.32 Å². The zero-order valence-electron chi connectivity index (χ0n) is 11.9. The van der Waals surface area contributed by atoms with Crippen LogP contribution < -0.4 is 10.2 Å². The highest BCUT2D eigenvalue weighted by atomic mass is 32.2. The number of thioether (sulfide) groups is 1. The first-order chi connectivity index (χ1) is 8.99. The van der Waals surface area contributed by atoms with E-state index in [9.17, 15) is 9.90 Å². The van der Waals surface area contributed by atoms with Gasteiger partial charge in [-0.15, -0.1) is 0 Å². The minimum atomic E-state index is -0.108. The van der Waals surface area contributed by atoms with Crippen LogP contribution in [-0.2, 0) is 0 Å². The van der Waals surface area contributed by atoms with Gasteiger partial charge in [0.2, 0.25) is 0 Å². The van der Waals surface area contributed by atoms with Crippen LogP contribution in [0.1, 0.15) is 17.3 Å². The van der Waals surface area contributed by atoms with E-state index in [1.807, 2.05) is 50.4 Å². The van der Waals surface area contributed by atoms with Gasteiger partial charge in [-0.25, -0.2) is 0 Å². The van der Waals surface area contributed by atoms with Gasteiger partial charge in [0.1, 0.15) is 0 Å². The van der Waals surface area contributed by atoms with Gasteiger partial charge in [0.25, 0.3) is 5.91 Å². The molecule has 5 heteroatoms. The zero-order valence-corrected chi connectivity index (χ0v) is 12.7. The van der Waals surface area contributed by atoms with Crippen molar-refractivity contribution in [3.05, 3.63) is 29.8 Å². The molecule has 0 aliphatic carbocycles. The largest absolute Gasteiger partial charge is 0.395 e. The van der Waals surface area contributed by atoms with Crippen LogP contribution in [0.4, 0.5) is 5.69 Å². The SMILES string of the molecule is CS[C@H](CO)[C@@H](C)NC(=O)c1cccc(N(C)C)c1. The predicted octanol–water partition coefficient (Wildman–Crippen LogP) is 1.59. The summed E-state index contributed by atoms with van der Waals surface area (Å²) in [6.45, 7) is 1.96. The molecule has 0 aliphatic rings. The number of benzene rings is 1. The molecule has 0 radical (unpaired) electrons. The summed E-state index contributed by atoms with van der Waals surface area (Å²) in [7, 11) is 3.88. The Bertz CT molecular complexity index is 420. The maximum Gasteiger partial charge on any atom is 0.251 e. The lowest BCUT2D eigenvalue weighted by Crippen LogP contribution is -2.41. The Balaban J connectivity index is 2.75. The van der Waals surface area contributed by atoms with Crippen molar-refractivity contribution >= 4 is 23.4 Å². The fourth-order valence-electron chi connectivity index (χ4n) is 1.75. The summed E-state index contributed by atoms with van der Waals surface area (Å²) >= 11 is 1.55. The van der Waals surface area contributed by atoms with Crippen LogP contribution >= 0.6 is 11.8 Å². The van der Waals surface area contributed by atoms with Crippen molar-refractivity contribution in [2.75, 3.05) is 31.9 Å². The van der Waals surface area contributed by atoms with Gasteiger partial charge in [0.15, 0.2) is 0 Å². The minimum Gasteiger partial charge on any atom is -0.395 e. The van der Waals surface area contributed by atoms with E-state index >= 15 is 0 Å². The molecule has 1 aromatic rings. The van der Waals surface area contributed by atoms with E-state index in [4.69, 9.17) is 0 Å². The Morgan fingerprint density at radius 1 is 1.47 bits per heavy atom. The molecule has 0 aromatic heterocycles. The van der Waals surface area contributed by atoms with Gasteiger partial charge in [0, 0.05) is 36.6 Å². The van der Waals surface area contributed by atoms with E-state index in [0.717, 1.165) is 5.69 Å². The highest BCUT2D eigenvalue weighted by molar-refractivity contribution is 7.99. The van der Waals surface area contributed by atoms with Crippen molar-refractivity contribution in [1.82, 2.24) is 5.32 Å². The molecule has 0 spiro atoms. The summed E-state index contributed by atoms with van der Waals surface area (Å²) < 4.78 is 0. The number of amides is 1. The van der Waals surface area contributed by atoms with Gasteiger partial charge >= 0.3 is 0 Å². The Morgan fingerprint density at radius 2 is 2.16 bits per heavy atom. The monoisotopic (exact) mass is 282 g/mol. The minimum absolute atomic E-state index is 0.0148. The fourth-order valence-corrected chi connectivity index (χ4v) is 2.37. The maximum atomic E-state index is 12.1. The first-order valence-electron chi connectivity index (χ1n) is 6.21. The molecule has 1 rings (SSSR count). The second kappa shape index (κ2) is 7.40. The first kappa shape index (κ1) is 15.9. The number of anilines is 1. The molecule has 0 unspecified atom stereocenters. The van der Waals surface area contributed by atoms with Crippen LogP contribution in [0.3, 0.4) is 0 Å². The van der Waals surface area contributed by atoms with Crippen molar-refractivity contribution in [3.63, 3.8) is 0 Å². The summed E-state index contributed by atoms with van der Waals surface area (Å²) in [5.41, 5.74) is 1.62. The van der Waals surface area contributed by atoms with Crippen LogP contribution in [0.2, 0.25) is 0 Å². The van der Waals surface area contributed by atoms with E-state index in [0.29, 0.717) is 5.56 Å². The topological polar surface area (TPSA) is 52.6 Å². The normalized spacial score (nSPS) is 13.7. The number of carbonyl (C=O) groups is 1. The Hall–Kier alpha value is -1.20. The fraction of sp³-hybridized carbons (Fsp3) is 0.500. The van der Waals surface area contributed by atoms with Crippen molar-refractivity contribution in [2.24, 2.45) is 0 Å². The van der Waals surface area contributed by atoms with Crippen LogP contribution in [0.5, 0.6) is 0 Å². The number of nitrogens with one attached hydrogen (secondary N) is 1. The van der Waals surface area contributed by atoms with Crippen LogP contribution in [0.15, 0.2) is 24.3 Å². The first-order valence-corrected chi connectivity index (χ1v) is 7.50. The lowest BCUT2D eigenvalue weighted by Gasteiger charge is -2.21. The lowest BCUT2D eigenvalue weighted by molar-refractivity contribution is 0.0936. The molecule has 19 heavy (non-hydrogen) atoms. The molecule has 0 saturated carbocycles. The second-order valence-electron chi connectivity index (χ2n) is 4.66. The zero-order chi connectivity index (χ0) is 14.4. The van der Waals surface area contributed by atoms with Crippen LogP contribution in [0.25, 0.3) is 0 Å². The molecular formula is C14H22N2O2S. The molecule has 0 bridgehead atoms. The van der Waals surface area contributed by atoms with Gasteiger partial charge in [-0.05, 0) is 31.4 Å². The molecule has 0 aliphatic heterocycles. The molecule has 1 aromatic carbocycles. The number of hydrogen-bond donors (Lipinski definition) is 2. The number of aliphatic hydroxyl groups is 1. The van der Waals surface area contributed by atoms with Crippen LogP contribution in [0, 0.1) is 0 Å². The smallest absolute Gasteiger partial charge is 0.251 e. The third-order valence-corrected chi connectivity index (χ3v) is 4.19. The van der Waals surface area contributed by atoms with E-state index in [-0.39, 0.29) is 23.8 Å². The van der Waals surface area contributed by atoms with Gasteiger partial charge in [-0.3, -0.25) is 4.79 Å². The van der Waals surface area contributed by atoms with Crippen molar-refractivity contribution < 1.29 is 9.90 Å². The number of rotatable bonds is 6. The van der Waals surface area contributed by atoms with E-state index in [1.54, 1.807) is 17.8 Å². The molecule has 2 atom stereocenters. The molecule has 0 saturated heterocycles. The third-order valence-electron chi connectivity index (χ3n) is 3.02. The molecule has 2 N–H and O–H groups in total. The average molecular weight is 282 g/mol. The molecule has 106 valence electrons. The molecule has 4 nitrogen and oxygen atoms in total. The van der Waals surface area contributed by atoms with Crippen molar-refractivity contribution in [2.45, 2.75) is 18.2 Å². The van der Waals surface area contributed by atoms with Gasteiger partial charge in [-0.1, -0.05) is 6.07 Å². The second-order valence-corrected chi connectivity index (χ2v) is 5.74. The van der Waals surface area contributed by atoms with Gasteiger partial charge in [0.05, 0.1) is 6.61 Å². The lowest BCUT2D eigenvalue weighted by atomic mass is 10.1. The molecule has 0 fully saturated rings. The Morgan fingerprint density at radius 3 is 2.68 bits per heavy atom. The highest BCUT2D eigenvalue weighted by Gasteiger charge is 2.18. The average Bonchev–Trinajstić information content (AvgIpc) is 2.40. The molecule has 0 heterocycles. The Kier molecular flexibility index (Phi) is 6.18. The van der Waals surface area contributed by atoms with E-state index < -0.39 is 0 Å². The van der Waals surface area contributed by atoms with E-state index in [1.165, 1.54) is 0 Å². The summed E-state index contributed by atoms with van der Waals surface area (Å²) in [5.74, 6) is -0.108. The summed E-state index contributed by atoms with van der Waals surface area (Å²) in [4.78, 5) is 14.1. The Labute approximate surface area is 119 Å². The summed E-state index contributed by atoms with van der Waals surface area (Å²) in [6.07, 6.45) is 1.93. The van der Waals surface area contributed by atoms with Crippen molar-refractivity contribution in [1.29, 1.82) is 0 Å².